The maximum atomic E-state index is 11.0. The highest BCUT2D eigenvalue weighted by atomic mass is 16.1. The fourth-order valence-corrected chi connectivity index (χ4v) is 1.90. The van der Waals surface area contributed by atoms with Crippen molar-refractivity contribution in [2.75, 3.05) is 36.8 Å². The molecule has 1 aliphatic rings. The Morgan fingerprint density at radius 1 is 1.31 bits per heavy atom. The summed E-state index contributed by atoms with van der Waals surface area (Å²) in [6.07, 6.45) is 0. The number of nitrogens with one attached hydrogen (secondary N) is 1. The normalized spacial score (nSPS) is 16.1. The smallest absolute Gasteiger partial charge is 0.248 e. The maximum Gasteiger partial charge on any atom is 0.248 e. The zero-order valence-electron chi connectivity index (χ0n) is 9.07. The predicted octanol–water partition coefficient (Wildman–Crippen LogP) is -0.223. The van der Waals surface area contributed by atoms with E-state index in [0.29, 0.717) is 11.3 Å². The molecule has 2 rings (SSSR count). The lowest BCUT2D eigenvalue weighted by Gasteiger charge is -2.30. The maximum absolute atomic E-state index is 11.0. The van der Waals surface area contributed by atoms with E-state index in [2.05, 4.69) is 10.2 Å². The van der Waals surface area contributed by atoms with Crippen molar-refractivity contribution in [3.05, 3.63) is 23.8 Å². The number of primary amides is 1. The zero-order chi connectivity index (χ0) is 11.5. The molecule has 1 saturated heterocycles. The first-order valence-corrected chi connectivity index (χ1v) is 5.33. The summed E-state index contributed by atoms with van der Waals surface area (Å²) in [5.74, 6) is -0.446. The molecule has 0 spiro atoms. The molecule has 0 radical (unpaired) electrons. The van der Waals surface area contributed by atoms with Crippen LogP contribution in [0.4, 0.5) is 11.4 Å². The highest BCUT2D eigenvalue weighted by molar-refractivity contribution is 5.94. The fourth-order valence-electron chi connectivity index (χ4n) is 1.90. The third-order valence-electron chi connectivity index (χ3n) is 2.77. The number of nitrogens with two attached hydrogens (primary N) is 2. The molecule has 86 valence electrons. The Balaban J connectivity index is 2.24. The number of hydrogen-bond donors (Lipinski definition) is 3. The number of nitrogen functional groups attached to an aromatic ring is 1. The molecule has 0 atom stereocenters. The van der Waals surface area contributed by atoms with Crippen LogP contribution < -0.4 is 21.7 Å². The molecule has 0 aliphatic carbocycles. The van der Waals surface area contributed by atoms with E-state index < -0.39 is 5.91 Å². The standard InChI is InChI=1S/C11H16N4O/c12-9-7-8(11(13)16)1-2-10(9)15-5-3-14-4-6-15/h1-2,7,14H,3-6,12H2,(H2,13,16). The number of rotatable bonds is 2. The van der Waals surface area contributed by atoms with Gasteiger partial charge >= 0.3 is 0 Å². The summed E-state index contributed by atoms with van der Waals surface area (Å²) in [5.41, 5.74) is 13.2. The lowest BCUT2D eigenvalue weighted by atomic mass is 10.1. The van der Waals surface area contributed by atoms with Crippen molar-refractivity contribution in [1.82, 2.24) is 5.32 Å². The van der Waals surface area contributed by atoms with E-state index >= 15 is 0 Å². The van der Waals surface area contributed by atoms with Crippen LogP contribution in [-0.2, 0) is 0 Å². The van der Waals surface area contributed by atoms with Crippen molar-refractivity contribution < 1.29 is 4.79 Å². The summed E-state index contributed by atoms with van der Waals surface area (Å²) >= 11 is 0. The third kappa shape index (κ3) is 2.09. The first-order chi connectivity index (χ1) is 7.68. The minimum absolute atomic E-state index is 0.446. The van der Waals surface area contributed by atoms with Gasteiger partial charge in [-0.05, 0) is 18.2 Å². The van der Waals surface area contributed by atoms with Gasteiger partial charge in [-0.1, -0.05) is 0 Å². The van der Waals surface area contributed by atoms with E-state index in [9.17, 15) is 4.79 Å². The average Bonchev–Trinajstić information content (AvgIpc) is 2.30. The van der Waals surface area contributed by atoms with Gasteiger partial charge in [0.2, 0.25) is 5.91 Å². The topological polar surface area (TPSA) is 84.4 Å². The molecule has 0 saturated carbocycles. The number of amides is 1. The van der Waals surface area contributed by atoms with Crippen molar-refractivity contribution in [1.29, 1.82) is 0 Å². The van der Waals surface area contributed by atoms with Gasteiger partial charge in [-0.2, -0.15) is 0 Å². The van der Waals surface area contributed by atoms with Gasteiger partial charge in [0.25, 0.3) is 0 Å². The zero-order valence-corrected chi connectivity index (χ0v) is 9.07. The second-order valence-corrected chi connectivity index (χ2v) is 3.87. The van der Waals surface area contributed by atoms with Gasteiger partial charge in [0.15, 0.2) is 0 Å². The molecule has 0 aromatic heterocycles. The predicted molar refractivity (Wildman–Crippen MR) is 64.5 cm³/mol. The van der Waals surface area contributed by atoms with Crippen LogP contribution >= 0.6 is 0 Å². The van der Waals surface area contributed by atoms with E-state index in [1.54, 1.807) is 12.1 Å². The molecule has 5 N–H and O–H groups in total. The van der Waals surface area contributed by atoms with Crippen molar-refractivity contribution in [2.45, 2.75) is 0 Å². The van der Waals surface area contributed by atoms with Crippen LogP contribution in [0, 0.1) is 0 Å². The second kappa shape index (κ2) is 4.40. The van der Waals surface area contributed by atoms with Gasteiger partial charge in [0.05, 0.1) is 11.4 Å². The molecule has 16 heavy (non-hydrogen) atoms. The summed E-state index contributed by atoms with van der Waals surface area (Å²) in [6, 6.07) is 5.22. The lowest BCUT2D eigenvalue weighted by Crippen LogP contribution is -2.43. The van der Waals surface area contributed by atoms with Crippen LogP contribution in [0.25, 0.3) is 0 Å². The average molecular weight is 220 g/mol. The monoisotopic (exact) mass is 220 g/mol. The van der Waals surface area contributed by atoms with Crippen LogP contribution in [-0.4, -0.2) is 32.1 Å². The molecule has 1 heterocycles. The van der Waals surface area contributed by atoms with Crippen LogP contribution in [0.2, 0.25) is 0 Å². The highest BCUT2D eigenvalue weighted by Crippen LogP contribution is 2.24. The Morgan fingerprint density at radius 3 is 2.56 bits per heavy atom. The molecule has 1 aromatic carbocycles. The minimum atomic E-state index is -0.446. The molecule has 1 aliphatic heterocycles. The molecule has 5 nitrogen and oxygen atoms in total. The highest BCUT2D eigenvalue weighted by Gasteiger charge is 2.13. The number of benzene rings is 1. The minimum Gasteiger partial charge on any atom is -0.397 e. The lowest BCUT2D eigenvalue weighted by molar-refractivity contribution is 0.100. The van der Waals surface area contributed by atoms with Gasteiger partial charge in [-0.25, -0.2) is 0 Å². The first-order valence-electron chi connectivity index (χ1n) is 5.33. The van der Waals surface area contributed by atoms with E-state index in [-0.39, 0.29) is 0 Å². The van der Waals surface area contributed by atoms with Crippen molar-refractivity contribution >= 4 is 17.3 Å². The van der Waals surface area contributed by atoms with E-state index in [4.69, 9.17) is 11.5 Å². The molecule has 1 aromatic rings. The number of nitrogens with zero attached hydrogens (tertiary/aromatic N) is 1. The summed E-state index contributed by atoms with van der Waals surface area (Å²) in [5, 5.41) is 3.28. The SMILES string of the molecule is NC(=O)c1ccc(N2CCNCC2)c(N)c1. The first kappa shape index (κ1) is 10.8. The summed E-state index contributed by atoms with van der Waals surface area (Å²) < 4.78 is 0. The van der Waals surface area contributed by atoms with Gasteiger partial charge < -0.3 is 21.7 Å². The largest absolute Gasteiger partial charge is 0.397 e. The Bertz CT molecular complexity index is 399. The second-order valence-electron chi connectivity index (χ2n) is 3.87. The number of piperazine rings is 1. The number of carbonyl (C=O) groups excluding carboxylic acids is 1. The van der Waals surface area contributed by atoms with Crippen molar-refractivity contribution in [3.63, 3.8) is 0 Å². The molecule has 0 bridgehead atoms. The summed E-state index contributed by atoms with van der Waals surface area (Å²) in [4.78, 5) is 13.2. The van der Waals surface area contributed by atoms with Gasteiger partial charge in [-0.15, -0.1) is 0 Å². The quantitative estimate of drug-likeness (QED) is 0.601. The van der Waals surface area contributed by atoms with Crippen molar-refractivity contribution in [2.24, 2.45) is 5.73 Å². The number of carbonyl (C=O) groups is 1. The molecule has 0 unspecified atom stereocenters. The fraction of sp³-hybridized carbons (Fsp3) is 0.364. The Morgan fingerprint density at radius 2 is 2.00 bits per heavy atom. The van der Waals surface area contributed by atoms with Crippen molar-refractivity contribution in [3.8, 4) is 0 Å². The molecule has 1 amide bonds. The van der Waals surface area contributed by atoms with Gasteiger partial charge in [-0.3, -0.25) is 4.79 Å². The molecule has 5 heteroatoms. The van der Waals surface area contributed by atoms with Crippen LogP contribution in [0.15, 0.2) is 18.2 Å². The molecule has 1 fully saturated rings. The Labute approximate surface area is 94.4 Å². The van der Waals surface area contributed by atoms with E-state index in [0.717, 1.165) is 31.9 Å². The van der Waals surface area contributed by atoms with Crippen LogP contribution in [0.3, 0.4) is 0 Å². The number of hydrogen-bond acceptors (Lipinski definition) is 4. The number of anilines is 2. The summed E-state index contributed by atoms with van der Waals surface area (Å²) in [7, 11) is 0. The molecular weight excluding hydrogens is 204 g/mol. The van der Waals surface area contributed by atoms with Gasteiger partial charge in [0, 0.05) is 31.7 Å². The Hall–Kier alpha value is -1.75. The van der Waals surface area contributed by atoms with E-state index in [1.807, 2.05) is 6.07 Å². The van der Waals surface area contributed by atoms with Gasteiger partial charge in [0.1, 0.15) is 0 Å². The van der Waals surface area contributed by atoms with Crippen LogP contribution in [0.1, 0.15) is 10.4 Å². The van der Waals surface area contributed by atoms with E-state index in [1.165, 1.54) is 0 Å². The van der Waals surface area contributed by atoms with Crippen LogP contribution in [0.5, 0.6) is 0 Å². The molecular formula is C11H16N4O. The third-order valence-corrected chi connectivity index (χ3v) is 2.77. The Kier molecular flexibility index (Phi) is 2.96. The summed E-state index contributed by atoms with van der Waals surface area (Å²) in [6.45, 7) is 3.77.